The molecule has 128 valence electrons. The van der Waals surface area contributed by atoms with E-state index in [0.29, 0.717) is 6.54 Å². The highest BCUT2D eigenvalue weighted by Crippen LogP contribution is 2.23. The summed E-state index contributed by atoms with van der Waals surface area (Å²) >= 11 is 0. The lowest BCUT2D eigenvalue weighted by Gasteiger charge is -2.26. The standard InChI is InChI=1S/C16H25N3O3S/c1-17(2)16(20)15-9-6-10-19(15)12-13-7-5-8-14(11-13)23(21,22)18(3)4/h5,7-8,11,15H,6,9-10,12H2,1-4H3. The number of likely N-dealkylation sites (N-methyl/N-ethyl adjacent to an activating group) is 1. The third kappa shape index (κ3) is 3.91. The van der Waals surface area contributed by atoms with Crippen molar-refractivity contribution < 1.29 is 13.2 Å². The second-order valence-electron chi connectivity index (χ2n) is 6.30. The van der Waals surface area contributed by atoms with Crippen molar-refractivity contribution >= 4 is 15.9 Å². The number of benzene rings is 1. The molecule has 0 saturated carbocycles. The van der Waals surface area contributed by atoms with Crippen molar-refractivity contribution in [1.82, 2.24) is 14.1 Å². The molecule has 2 rings (SSSR count). The van der Waals surface area contributed by atoms with Gasteiger partial charge in [-0.25, -0.2) is 12.7 Å². The topological polar surface area (TPSA) is 60.9 Å². The van der Waals surface area contributed by atoms with Crippen molar-refractivity contribution in [1.29, 1.82) is 0 Å². The van der Waals surface area contributed by atoms with Gasteiger partial charge in [0, 0.05) is 34.7 Å². The van der Waals surface area contributed by atoms with Gasteiger partial charge in [0.15, 0.2) is 0 Å². The Morgan fingerprint density at radius 2 is 1.96 bits per heavy atom. The molecule has 0 radical (unpaired) electrons. The van der Waals surface area contributed by atoms with Gasteiger partial charge in [0.2, 0.25) is 15.9 Å². The Labute approximate surface area is 138 Å². The average Bonchev–Trinajstić information content (AvgIpc) is 2.94. The molecule has 1 fully saturated rings. The molecule has 0 bridgehead atoms. The fourth-order valence-corrected chi connectivity index (χ4v) is 3.82. The zero-order chi connectivity index (χ0) is 17.2. The minimum absolute atomic E-state index is 0.111. The zero-order valence-corrected chi connectivity index (χ0v) is 15.0. The Balaban J connectivity index is 2.19. The summed E-state index contributed by atoms with van der Waals surface area (Å²) in [5, 5.41) is 0. The van der Waals surface area contributed by atoms with Crippen LogP contribution in [0.25, 0.3) is 0 Å². The number of carbonyl (C=O) groups excluding carboxylic acids is 1. The number of nitrogens with zero attached hydrogens (tertiary/aromatic N) is 3. The van der Waals surface area contributed by atoms with E-state index in [1.54, 1.807) is 37.2 Å². The molecular formula is C16H25N3O3S. The molecule has 0 aliphatic carbocycles. The van der Waals surface area contributed by atoms with E-state index in [2.05, 4.69) is 4.90 Å². The van der Waals surface area contributed by atoms with Crippen LogP contribution in [0.15, 0.2) is 29.2 Å². The van der Waals surface area contributed by atoms with Crippen LogP contribution in [0.5, 0.6) is 0 Å². The van der Waals surface area contributed by atoms with Gasteiger partial charge >= 0.3 is 0 Å². The second-order valence-corrected chi connectivity index (χ2v) is 8.45. The highest BCUT2D eigenvalue weighted by Gasteiger charge is 2.31. The third-order valence-corrected chi connectivity index (χ3v) is 5.96. The summed E-state index contributed by atoms with van der Waals surface area (Å²) in [6.45, 7) is 1.44. The van der Waals surface area contributed by atoms with E-state index in [0.717, 1.165) is 24.9 Å². The van der Waals surface area contributed by atoms with Crippen molar-refractivity contribution in [2.45, 2.75) is 30.3 Å². The number of hydrogen-bond donors (Lipinski definition) is 0. The molecule has 1 amide bonds. The zero-order valence-electron chi connectivity index (χ0n) is 14.2. The quantitative estimate of drug-likeness (QED) is 0.803. The van der Waals surface area contributed by atoms with Gasteiger partial charge in [-0.15, -0.1) is 0 Å². The van der Waals surface area contributed by atoms with E-state index in [1.165, 1.54) is 18.4 Å². The molecular weight excluding hydrogens is 314 g/mol. The van der Waals surface area contributed by atoms with Crippen LogP contribution in [0.3, 0.4) is 0 Å². The maximum atomic E-state index is 12.2. The van der Waals surface area contributed by atoms with Crippen LogP contribution in [-0.4, -0.2) is 69.2 Å². The van der Waals surface area contributed by atoms with Gasteiger partial charge in [-0.1, -0.05) is 12.1 Å². The molecule has 7 heteroatoms. The molecule has 1 unspecified atom stereocenters. The monoisotopic (exact) mass is 339 g/mol. The lowest BCUT2D eigenvalue weighted by atomic mass is 10.1. The number of likely N-dealkylation sites (tertiary alicyclic amines) is 1. The molecule has 1 aromatic rings. The van der Waals surface area contributed by atoms with E-state index in [-0.39, 0.29) is 16.8 Å². The molecule has 1 saturated heterocycles. The smallest absolute Gasteiger partial charge is 0.242 e. The van der Waals surface area contributed by atoms with Gasteiger partial charge in [0.25, 0.3) is 0 Å². The maximum Gasteiger partial charge on any atom is 0.242 e. The fraction of sp³-hybridized carbons (Fsp3) is 0.562. The van der Waals surface area contributed by atoms with E-state index in [1.807, 2.05) is 6.07 Å². The van der Waals surface area contributed by atoms with Gasteiger partial charge in [-0.2, -0.15) is 0 Å². The van der Waals surface area contributed by atoms with Crippen LogP contribution in [0.4, 0.5) is 0 Å². The van der Waals surface area contributed by atoms with E-state index < -0.39 is 10.0 Å². The Hall–Kier alpha value is -1.44. The number of sulfonamides is 1. The van der Waals surface area contributed by atoms with Crippen molar-refractivity contribution in [2.75, 3.05) is 34.7 Å². The molecule has 6 nitrogen and oxygen atoms in total. The molecule has 0 N–H and O–H groups in total. The Morgan fingerprint density at radius 1 is 1.26 bits per heavy atom. The van der Waals surface area contributed by atoms with Crippen LogP contribution < -0.4 is 0 Å². The van der Waals surface area contributed by atoms with Gasteiger partial charge in [0.1, 0.15) is 0 Å². The molecule has 1 heterocycles. The summed E-state index contributed by atoms with van der Waals surface area (Å²) in [4.78, 5) is 16.3. The van der Waals surface area contributed by atoms with E-state index >= 15 is 0 Å². The second kappa shape index (κ2) is 6.98. The predicted molar refractivity (Wildman–Crippen MR) is 89.4 cm³/mol. The molecule has 0 aromatic heterocycles. The summed E-state index contributed by atoms with van der Waals surface area (Å²) in [7, 11) is 3.14. The number of rotatable bonds is 5. The molecule has 1 aliphatic heterocycles. The average molecular weight is 339 g/mol. The van der Waals surface area contributed by atoms with Crippen LogP contribution in [0, 0.1) is 0 Å². The van der Waals surface area contributed by atoms with E-state index in [4.69, 9.17) is 0 Å². The lowest BCUT2D eigenvalue weighted by Crippen LogP contribution is -2.42. The number of hydrogen-bond acceptors (Lipinski definition) is 4. The summed E-state index contributed by atoms with van der Waals surface area (Å²) < 4.78 is 25.7. The molecule has 1 aromatic carbocycles. The van der Waals surface area contributed by atoms with Gasteiger partial charge < -0.3 is 4.90 Å². The molecule has 23 heavy (non-hydrogen) atoms. The predicted octanol–water partition coefficient (Wildman–Crippen LogP) is 0.989. The minimum Gasteiger partial charge on any atom is -0.347 e. The normalized spacial score (nSPS) is 19.3. The summed E-state index contributed by atoms with van der Waals surface area (Å²) in [6, 6.07) is 6.85. The van der Waals surface area contributed by atoms with Gasteiger partial charge in [-0.3, -0.25) is 9.69 Å². The molecule has 1 aliphatic rings. The summed E-state index contributed by atoms with van der Waals surface area (Å²) in [5.41, 5.74) is 0.909. The SMILES string of the molecule is CN(C)C(=O)C1CCCN1Cc1cccc(S(=O)(=O)N(C)C)c1. The Morgan fingerprint density at radius 3 is 2.57 bits per heavy atom. The van der Waals surface area contributed by atoms with Crippen LogP contribution >= 0.6 is 0 Å². The highest BCUT2D eigenvalue weighted by molar-refractivity contribution is 7.89. The first kappa shape index (κ1) is 17.9. The van der Waals surface area contributed by atoms with Crippen molar-refractivity contribution in [3.8, 4) is 0 Å². The Kier molecular flexibility index (Phi) is 5.44. The maximum absolute atomic E-state index is 12.2. The van der Waals surface area contributed by atoms with Crippen molar-refractivity contribution in [3.05, 3.63) is 29.8 Å². The van der Waals surface area contributed by atoms with Crippen molar-refractivity contribution in [3.63, 3.8) is 0 Å². The van der Waals surface area contributed by atoms with Crippen LogP contribution in [0.2, 0.25) is 0 Å². The summed E-state index contributed by atoms with van der Waals surface area (Å²) in [6.07, 6.45) is 1.84. The summed E-state index contributed by atoms with van der Waals surface area (Å²) in [5.74, 6) is 0.111. The van der Waals surface area contributed by atoms with E-state index in [9.17, 15) is 13.2 Å². The van der Waals surface area contributed by atoms with Crippen LogP contribution in [0.1, 0.15) is 18.4 Å². The van der Waals surface area contributed by atoms with Crippen LogP contribution in [-0.2, 0) is 21.4 Å². The third-order valence-electron chi connectivity index (χ3n) is 4.15. The largest absolute Gasteiger partial charge is 0.347 e. The molecule has 0 spiro atoms. The first-order valence-electron chi connectivity index (χ1n) is 7.70. The first-order chi connectivity index (χ1) is 10.7. The molecule has 1 atom stereocenters. The number of carbonyl (C=O) groups is 1. The minimum atomic E-state index is -3.44. The fourth-order valence-electron chi connectivity index (χ4n) is 2.84. The first-order valence-corrected chi connectivity index (χ1v) is 9.14. The van der Waals surface area contributed by atoms with Gasteiger partial charge in [0.05, 0.1) is 10.9 Å². The lowest BCUT2D eigenvalue weighted by molar-refractivity contribution is -0.133. The van der Waals surface area contributed by atoms with Gasteiger partial charge in [-0.05, 0) is 37.1 Å². The number of amides is 1. The Bertz CT molecular complexity index is 671. The van der Waals surface area contributed by atoms with Crippen molar-refractivity contribution in [2.24, 2.45) is 0 Å². The highest BCUT2D eigenvalue weighted by atomic mass is 32.2.